The van der Waals surface area contributed by atoms with Crippen LogP contribution in [0.1, 0.15) is 18.4 Å². The van der Waals surface area contributed by atoms with Crippen LogP contribution in [0, 0.1) is 0 Å². The van der Waals surface area contributed by atoms with Crippen molar-refractivity contribution in [3.05, 3.63) is 72.3 Å². The van der Waals surface area contributed by atoms with Crippen LogP contribution >= 0.6 is 0 Å². The van der Waals surface area contributed by atoms with Gasteiger partial charge in [0.15, 0.2) is 6.36 Å². The van der Waals surface area contributed by atoms with E-state index in [0.29, 0.717) is 6.42 Å². The highest BCUT2D eigenvalue weighted by atomic mass is 19.1. The molecule has 1 atom stereocenters. The van der Waals surface area contributed by atoms with Crippen LogP contribution in [0.25, 0.3) is 0 Å². The van der Waals surface area contributed by atoms with E-state index in [0.717, 1.165) is 23.5 Å². The minimum Gasteiger partial charge on any atom is -0.457 e. The number of halogens is 1. The third kappa shape index (κ3) is 5.79. The predicted octanol–water partition coefficient (Wildman–Crippen LogP) is 4.65. The molecule has 0 saturated heterocycles. The number of ether oxygens (including phenoxy) is 1. The van der Waals surface area contributed by atoms with E-state index in [1.54, 1.807) is 0 Å². The Morgan fingerprint density at radius 2 is 1.76 bits per heavy atom. The van der Waals surface area contributed by atoms with Gasteiger partial charge in [0.1, 0.15) is 11.5 Å². The van der Waals surface area contributed by atoms with Gasteiger partial charge in [0.05, 0.1) is 0 Å². The van der Waals surface area contributed by atoms with Gasteiger partial charge in [0.2, 0.25) is 0 Å². The molecule has 0 aromatic heterocycles. The third-order valence-corrected chi connectivity index (χ3v) is 2.97. The molecule has 0 aliphatic heterocycles. The fraction of sp³-hybridized carbons (Fsp3) is 0.222. The van der Waals surface area contributed by atoms with E-state index in [1.165, 1.54) is 0 Å². The summed E-state index contributed by atoms with van der Waals surface area (Å²) in [6, 6.07) is 17.5. The predicted molar refractivity (Wildman–Crippen MR) is 82.2 cm³/mol. The first-order valence-electron chi connectivity index (χ1n) is 7.03. The van der Waals surface area contributed by atoms with Crippen LogP contribution < -0.4 is 4.74 Å². The van der Waals surface area contributed by atoms with E-state index in [2.05, 4.69) is 0 Å². The quantitative estimate of drug-likeness (QED) is 0.751. The summed E-state index contributed by atoms with van der Waals surface area (Å²) in [5.41, 5.74) is 1.13. The summed E-state index contributed by atoms with van der Waals surface area (Å²) >= 11 is 0. The molecule has 0 spiro atoms. The van der Waals surface area contributed by atoms with Gasteiger partial charge in [-0.1, -0.05) is 42.5 Å². The Bertz CT molecular complexity index is 564. The third-order valence-electron chi connectivity index (χ3n) is 2.97. The molecule has 0 heterocycles. The zero-order valence-corrected chi connectivity index (χ0v) is 11.8. The van der Waals surface area contributed by atoms with Gasteiger partial charge in [-0.05, 0) is 42.7 Å². The summed E-state index contributed by atoms with van der Waals surface area (Å²) in [5.74, 6) is 1.61. The molecule has 0 aliphatic carbocycles. The number of hydrogen-bond acceptors (Lipinski definition) is 2. The molecule has 3 heteroatoms. The zero-order valence-electron chi connectivity index (χ0n) is 11.8. The van der Waals surface area contributed by atoms with Crippen LogP contribution in [0.3, 0.4) is 0 Å². The molecule has 0 aliphatic rings. The van der Waals surface area contributed by atoms with E-state index < -0.39 is 6.36 Å². The zero-order chi connectivity index (χ0) is 14.9. The lowest BCUT2D eigenvalue weighted by Gasteiger charge is -2.06. The Hall–Kier alpha value is -2.13. The standard InChI is InChI=1S/C18H19FO2/c19-18(20)13-6-1-3-8-15-9-7-12-17(14-15)21-16-10-4-2-5-11-16/h1-5,7,9-12,14,18,20H,6,8,13H2. The second-order valence-corrected chi connectivity index (χ2v) is 4.75. The topological polar surface area (TPSA) is 29.5 Å². The Labute approximate surface area is 124 Å². The molecule has 2 nitrogen and oxygen atoms in total. The number of aliphatic hydroxyl groups is 1. The Morgan fingerprint density at radius 3 is 2.52 bits per heavy atom. The normalized spacial score (nSPS) is 12.5. The van der Waals surface area contributed by atoms with Gasteiger partial charge in [-0.2, -0.15) is 0 Å². The first-order valence-corrected chi connectivity index (χ1v) is 7.03. The van der Waals surface area contributed by atoms with Gasteiger partial charge < -0.3 is 9.84 Å². The molecule has 2 rings (SSSR count). The van der Waals surface area contributed by atoms with Crippen molar-refractivity contribution in [2.75, 3.05) is 0 Å². The van der Waals surface area contributed by atoms with Gasteiger partial charge >= 0.3 is 0 Å². The first-order chi connectivity index (χ1) is 10.2. The Kier molecular flexibility index (Phi) is 5.98. The van der Waals surface area contributed by atoms with Crippen molar-refractivity contribution in [1.82, 2.24) is 0 Å². The lowest BCUT2D eigenvalue weighted by molar-refractivity contribution is 0.0355. The number of aliphatic hydroxyl groups excluding tert-OH is 1. The van der Waals surface area contributed by atoms with Gasteiger partial charge in [0, 0.05) is 6.42 Å². The van der Waals surface area contributed by atoms with E-state index in [4.69, 9.17) is 9.84 Å². The fourth-order valence-corrected chi connectivity index (χ4v) is 1.93. The highest BCUT2D eigenvalue weighted by molar-refractivity contribution is 5.34. The molecule has 21 heavy (non-hydrogen) atoms. The van der Waals surface area contributed by atoms with Crippen LogP contribution in [0.2, 0.25) is 0 Å². The number of allylic oxidation sites excluding steroid dienone is 2. The summed E-state index contributed by atoms with van der Waals surface area (Å²) in [6.07, 6.45) is 3.58. The highest BCUT2D eigenvalue weighted by Gasteiger charge is 1.98. The van der Waals surface area contributed by atoms with Crippen LogP contribution in [-0.4, -0.2) is 11.5 Å². The number of benzene rings is 2. The second kappa shape index (κ2) is 8.22. The maximum atomic E-state index is 12.2. The van der Waals surface area contributed by atoms with Gasteiger partial charge in [-0.3, -0.25) is 0 Å². The smallest absolute Gasteiger partial charge is 0.196 e. The van der Waals surface area contributed by atoms with Crippen molar-refractivity contribution >= 4 is 0 Å². The van der Waals surface area contributed by atoms with Crippen molar-refractivity contribution in [1.29, 1.82) is 0 Å². The number of para-hydroxylation sites is 1. The lowest BCUT2D eigenvalue weighted by Crippen LogP contribution is -1.94. The molecule has 110 valence electrons. The van der Waals surface area contributed by atoms with Crippen molar-refractivity contribution in [3.8, 4) is 11.5 Å². The Balaban J connectivity index is 1.89. The van der Waals surface area contributed by atoms with Gasteiger partial charge in [-0.25, -0.2) is 4.39 Å². The van der Waals surface area contributed by atoms with E-state index in [1.807, 2.05) is 66.7 Å². The molecular formula is C18H19FO2. The highest BCUT2D eigenvalue weighted by Crippen LogP contribution is 2.22. The molecular weight excluding hydrogens is 267 g/mol. The Morgan fingerprint density at radius 1 is 1.00 bits per heavy atom. The molecule has 0 fully saturated rings. The van der Waals surface area contributed by atoms with Crippen LogP contribution in [0.15, 0.2) is 66.7 Å². The molecule has 0 saturated carbocycles. The monoisotopic (exact) mass is 286 g/mol. The summed E-state index contributed by atoms with van der Waals surface area (Å²) < 4.78 is 18.0. The van der Waals surface area contributed by atoms with Crippen molar-refractivity contribution in [3.63, 3.8) is 0 Å². The maximum absolute atomic E-state index is 12.2. The molecule has 1 N–H and O–H groups in total. The molecule has 2 aromatic carbocycles. The SMILES string of the molecule is OC(F)CCC=CCc1cccc(Oc2ccccc2)c1. The average Bonchev–Trinajstić information content (AvgIpc) is 2.48. The molecule has 0 bridgehead atoms. The summed E-state index contributed by atoms with van der Waals surface area (Å²) in [6.45, 7) is 0. The largest absolute Gasteiger partial charge is 0.457 e. The van der Waals surface area contributed by atoms with Crippen LogP contribution in [0.4, 0.5) is 4.39 Å². The maximum Gasteiger partial charge on any atom is 0.196 e. The molecule has 0 radical (unpaired) electrons. The number of hydrogen-bond donors (Lipinski definition) is 1. The number of alkyl halides is 1. The van der Waals surface area contributed by atoms with Crippen LogP contribution in [0.5, 0.6) is 11.5 Å². The van der Waals surface area contributed by atoms with Crippen molar-refractivity contribution in [2.24, 2.45) is 0 Å². The van der Waals surface area contributed by atoms with E-state index in [-0.39, 0.29) is 6.42 Å². The lowest BCUT2D eigenvalue weighted by atomic mass is 10.1. The van der Waals surface area contributed by atoms with E-state index >= 15 is 0 Å². The number of rotatable bonds is 7. The minimum atomic E-state index is -1.72. The minimum absolute atomic E-state index is 0.146. The van der Waals surface area contributed by atoms with E-state index in [9.17, 15) is 4.39 Å². The summed E-state index contributed by atoms with van der Waals surface area (Å²) in [7, 11) is 0. The fourth-order valence-electron chi connectivity index (χ4n) is 1.93. The van der Waals surface area contributed by atoms with Gasteiger partial charge in [-0.15, -0.1) is 0 Å². The molecule has 0 amide bonds. The molecule has 2 aromatic rings. The van der Waals surface area contributed by atoms with Crippen molar-refractivity contribution in [2.45, 2.75) is 25.6 Å². The molecule has 1 unspecified atom stereocenters. The van der Waals surface area contributed by atoms with Gasteiger partial charge in [0.25, 0.3) is 0 Å². The average molecular weight is 286 g/mol. The summed E-state index contributed by atoms with van der Waals surface area (Å²) in [5, 5.41) is 8.53. The van der Waals surface area contributed by atoms with Crippen molar-refractivity contribution < 1.29 is 14.2 Å². The summed E-state index contributed by atoms with van der Waals surface area (Å²) in [4.78, 5) is 0. The van der Waals surface area contributed by atoms with Crippen LogP contribution in [-0.2, 0) is 6.42 Å². The second-order valence-electron chi connectivity index (χ2n) is 4.75. The first kappa shape index (κ1) is 15.3.